The summed E-state index contributed by atoms with van der Waals surface area (Å²) < 4.78 is 6.60. The van der Waals surface area contributed by atoms with Crippen molar-refractivity contribution in [1.29, 1.82) is 0 Å². The van der Waals surface area contributed by atoms with Gasteiger partial charge in [-0.25, -0.2) is 0 Å². The highest BCUT2D eigenvalue weighted by Gasteiger charge is 2.25. The predicted molar refractivity (Wildman–Crippen MR) is 129 cm³/mol. The smallest absolute Gasteiger partial charge is 0.263 e. The van der Waals surface area contributed by atoms with E-state index in [0.717, 1.165) is 0 Å². The first-order valence-electron chi connectivity index (χ1n) is 8.39. The second kappa shape index (κ2) is 10.1. The Bertz CT molecular complexity index is 1110. The van der Waals surface area contributed by atoms with E-state index in [1.54, 1.807) is 24.3 Å². The number of benzene rings is 2. The number of amides is 3. The van der Waals surface area contributed by atoms with Crippen molar-refractivity contribution < 1.29 is 19.1 Å². The van der Waals surface area contributed by atoms with Crippen LogP contribution in [0.1, 0.15) is 5.56 Å². The molecule has 12 heteroatoms. The molecule has 0 spiro atoms. The molecule has 3 N–H and O–H groups in total. The Balaban J connectivity index is 1.70. The van der Waals surface area contributed by atoms with Gasteiger partial charge in [-0.2, -0.15) is 0 Å². The number of nitrogens with one attached hydrogen (secondary N) is 3. The van der Waals surface area contributed by atoms with Gasteiger partial charge < -0.3 is 10.1 Å². The molecular weight excluding hydrogens is 597 g/mol. The Morgan fingerprint density at radius 1 is 1.06 bits per heavy atom. The van der Waals surface area contributed by atoms with E-state index in [0.29, 0.717) is 36.0 Å². The topological polar surface area (TPSA) is 96.5 Å². The van der Waals surface area contributed by atoms with Gasteiger partial charge in [-0.3, -0.25) is 25.0 Å². The maximum Gasteiger partial charge on any atom is 0.263 e. The van der Waals surface area contributed by atoms with Crippen molar-refractivity contribution in [1.82, 2.24) is 10.6 Å². The monoisotopic (exact) mass is 605 g/mol. The third kappa shape index (κ3) is 6.05. The summed E-state index contributed by atoms with van der Waals surface area (Å²) in [7, 11) is 0. The molecule has 3 rings (SSSR count). The number of hydrogen-bond acceptors (Lipinski definition) is 5. The van der Waals surface area contributed by atoms with Crippen LogP contribution in [0.3, 0.4) is 0 Å². The van der Waals surface area contributed by atoms with Crippen molar-refractivity contribution in [3.8, 4) is 5.75 Å². The number of anilines is 1. The van der Waals surface area contributed by atoms with Gasteiger partial charge in [-0.05, 0) is 86.0 Å². The van der Waals surface area contributed by atoms with Gasteiger partial charge in [0.15, 0.2) is 11.7 Å². The van der Waals surface area contributed by atoms with Gasteiger partial charge in [0.25, 0.3) is 17.7 Å². The molecular formula is C19H11Br2Cl2N3O4S. The van der Waals surface area contributed by atoms with Crippen LogP contribution in [0.5, 0.6) is 5.75 Å². The van der Waals surface area contributed by atoms with E-state index in [2.05, 4.69) is 47.8 Å². The summed E-state index contributed by atoms with van der Waals surface area (Å²) in [4.78, 5) is 36.2. The fourth-order valence-electron chi connectivity index (χ4n) is 2.48. The number of ether oxygens (including phenoxy) is 1. The lowest BCUT2D eigenvalue weighted by molar-refractivity contribution is -0.123. The molecule has 1 heterocycles. The van der Waals surface area contributed by atoms with Crippen LogP contribution in [0.4, 0.5) is 5.69 Å². The van der Waals surface area contributed by atoms with Crippen molar-refractivity contribution in [2.75, 3.05) is 11.9 Å². The third-order valence-electron chi connectivity index (χ3n) is 3.83. The zero-order chi connectivity index (χ0) is 22.7. The van der Waals surface area contributed by atoms with Crippen LogP contribution in [-0.2, 0) is 14.4 Å². The largest absolute Gasteiger partial charge is 0.481 e. The number of hydrogen-bond donors (Lipinski definition) is 3. The average Bonchev–Trinajstić information content (AvgIpc) is 2.67. The van der Waals surface area contributed by atoms with Crippen LogP contribution in [-0.4, -0.2) is 29.4 Å². The van der Waals surface area contributed by atoms with E-state index in [1.807, 2.05) is 0 Å². The van der Waals surface area contributed by atoms with Crippen LogP contribution in [0.25, 0.3) is 6.08 Å². The van der Waals surface area contributed by atoms with Crippen LogP contribution in [0.15, 0.2) is 44.9 Å². The number of carbonyl (C=O) groups is 3. The SMILES string of the molecule is O=C(COc1c(Br)cc(C=C2C(=O)NC(=S)NC2=O)cc1Br)Nc1ccc(Cl)c(Cl)c1. The van der Waals surface area contributed by atoms with E-state index in [1.165, 1.54) is 12.1 Å². The molecule has 31 heavy (non-hydrogen) atoms. The zero-order valence-electron chi connectivity index (χ0n) is 15.2. The van der Waals surface area contributed by atoms with E-state index in [9.17, 15) is 14.4 Å². The molecule has 0 bridgehead atoms. The second-order valence-corrected chi connectivity index (χ2v) is 9.01. The van der Waals surface area contributed by atoms with Crippen LogP contribution in [0.2, 0.25) is 10.0 Å². The van der Waals surface area contributed by atoms with Crippen molar-refractivity contribution >= 4 is 102 Å². The molecule has 0 unspecified atom stereocenters. The number of rotatable bonds is 5. The zero-order valence-corrected chi connectivity index (χ0v) is 20.7. The van der Waals surface area contributed by atoms with Gasteiger partial charge >= 0.3 is 0 Å². The molecule has 160 valence electrons. The minimum atomic E-state index is -0.597. The first-order chi connectivity index (χ1) is 14.6. The second-order valence-electron chi connectivity index (χ2n) is 6.07. The summed E-state index contributed by atoms with van der Waals surface area (Å²) in [6.07, 6.45) is 1.41. The molecule has 2 aromatic rings. The Morgan fingerprint density at radius 3 is 2.26 bits per heavy atom. The quantitative estimate of drug-likeness (QED) is 0.265. The molecule has 7 nitrogen and oxygen atoms in total. The maximum absolute atomic E-state index is 12.2. The summed E-state index contributed by atoms with van der Waals surface area (Å²) in [5.74, 6) is -1.24. The van der Waals surface area contributed by atoms with E-state index >= 15 is 0 Å². The molecule has 3 amide bonds. The van der Waals surface area contributed by atoms with E-state index < -0.39 is 17.7 Å². The number of carbonyl (C=O) groups excluding carboxylic acids is 3. The summed E-state index contributed by atoms with van der Waals surface area (Å²) in [6.45, 7) is -0.278. The Morgan fingerprint density at radius 2 is 1.68 bits per heavy atom. The summed E-state index contributed by atoms with van der Waals surface area (Å²) >= 11 is 23.3. The lowest BCUT2D eigenvalue weighted by atomic mass is 10.1. The Kier molecular flexibility index (Phi) is 7.71. The lowest BCUT2D eigenvalue weighted by Crippen LogP contribution is -2.51. The van der Waals surface area contributed by atoms with Crippen molar-refractivity contribution in [2.24, 2.45) is 0 Å². The van der Waals surface area contributed by atoms with Gasteiger partial charge in [0, 0.05) is 5.69 Å². The minimum Gasteiger partial charge on any atom is -0.481 e. The molecule has 1 fully saturated rings. The van der Waals surface area contributed by atoms with Crippen molar-refractivity contribution in [3.05, 3.63) is 60.5 Å². The van der Waals surface area contributed by atoms with Gasteiger partial charge in [0.05, 0.1) is 19.0 Å². The van der Waals surface area contributed by atoms with E-state index in [-0.39, 0.29) is 17.3 Å². The van der Waals surface area contributed by atoms with Gasteiger partial charge in [-0.15, -0.1) is 0 Å². The van der Waals surface area contributed by atoms with Gasteiger partial charge in [0.1, 0.15) is 11.3 Å². The summed E-state index contributed by atoms with van der Waals surface area (Å²) in [6, 6.07) is 7.99. The lowest BCUT2D eigenvalue weighted by Gasteiger charge is -2.16. The van der Waals surface area contributed by atoms with Gasteiger partial charge in [-0.1, -0.05) is 23.2 Å². The highest BCUT2D eigenvalue weighted by atomic mass is 79.9. The normalized spacial score (nSPS) is 13.4. The predicted octanol–water partition coefficient (Wildman–Crippen LogP) is 4.45. The fourth-order valence-corrected chi connectivity index (χ4v) is 4.42. The van der Waals surface area contributed by atoms with Crippen LogP contribution in [0, 0.1) is 0 Å². The van der Waals surface area contributed by atoms with Crippen LogP contribution < -0.4 is 20.7 Å². The average molecular weight is 608 g/mol. The Labute approximate surface area is 208 Å². The highest BCUT2D eigenvalue weighted by molar-refractivity contribution is 9.11. The van der Waals surface area contributed by atoms with Crippen molar-refractivity contribution in [2.45, 2.75) is 0 Å². The Hall–Kier alpha value is -1.98. The molecule has 1 aliphatic rings. The molecule has 1 saturated heterocycles. The van der Waals surface area contributed by atoms with Crippen molar-refractivity contribution in [3.63, 3.8) is 0 Å². The molecule has 2 aromatic carbocycles. The fraction of sp³-hybridized carbons (Fsp3) is 0.0526. The first kappa shape index (κ1) is 23.7. The molecule has 1 aliphatic heterocycles. The standard InChI is InChI=1S/C19H11Br2Cl2N3O4S/c20-11-4-8(3-10-17(28)25-19(31)26-18(10)29)5-12(21)16(11)30-7-15(27)24-9-1-2-13(22)14(23)6-9/h1-6H,7H2,(H,24,27)(H2,25,26,28,29,31). The number of halogens is 4. The first-order valence-corrected chi connectivity index (χ1v) is 11.1. The summed E-state index contributed by atoms with van der Waals surface area (Å²) in [5, 5.41) is 8.03. The minimum absolute atomic E-state index is 0.0441. The molecule has 0 radical (unpaired) electrons. The highest BCUT2D eigenvalue weighted by Crippen LogP contribution is 2.35. The van der Waals surface area contributed by atoms with Crippen LogP contribution >= 0.6 is 67.3 Å². The summed E-state index contributed by atoms with van der Waals surface area (Å²) in [5.41, 5.74) is 0.924. The molecule has 0 saturated carbocycles. The van der Waals surface area contributed by atoms with E-state index in [4.69, 9.17) is 40.2 Å². The maximum atomic E-state index is 12.2. The van der Waals surface area contributed by atoms with Gasteiger partial charge in [0.2, 0.25) is 0 Å². The third-order valence-corrected chi connectivity index (χ3v) is 5.95. The molecule has 0 aromatic heterocycles. The number of thiocarbonyl (C=S) groups is 1. The molecule has 0 atom stereocenters. The molecule has 0 aliphatic carbocycles.